The van der Waals surface area contributed by atoms with Gasteiger partial charge in [0, 0.05) is 35.8 Å². The van der Waals surface area contributed by atoms with Gasteiger partial charge in [0.2, 0.25) is 5.91 Å². The average molecular weight is 351 g/mol. The predicted molar refractivity (Wildman–Crippen MR) is 98.0 cm³/mol. The Morgan fingerprint density at radius 2 is 2.04 bits per heavy atom. The summed E-state index contributed by atoms with van der Waals surface area (Å²) in [4.78, 5) is 15.3. The molecular weight excluding hydrogens is 334 g/mol. The molecule has 3 rings (SSSR count). The number of pyridine rings is 1. The van der Waals surface area contributed by atoms with Crippen molar-refractivity contribution >= 4 is 17.7 Å². The Morgan fingerprint density at radius 1 is 1.24 bits per heavy atom. The smallest absolute Gasteiger partial charge is 0.248 e. The molecule has 0 fully saturated rings. The van der Waals surface area contributed by atoms with E-state index in [1.54, 1.807) is 36.3 Å². The van der Waals surface area contributed by atoms with E-state index in [-0.39, 0.29) is 0 Å². The van der Waals surface area contributed by atoms with Crippen molar-refractivity contribution in [1.82, 2.24) is 19.7 Å². The third-order valence-electron chi connectivity index (χ3n) is 3.55. The van der Waals surface area contributed by atoms with E-state index in [1.165, 1.54) is 0 Å². The van der Waals surface area contributed by atoms with Gasteiger partial charge in [-0.25, -0.2) is 0 Å². The number of hydrogen-bond acceptors (Lipinski definition) is 5. The Morgan fingerprint density at radius 3 is 2.76 bits per heavy atom. The molecule has 0 radical (unpaired) electrons. The fourth-order valence-corrected chi connectivity index (χ4v) is 3.26. The highest BCUT2D eigenvalue weighted by molar-refractivity contribution is 7.98. The summed E-state index contributed by atoms with van der Waals surface area (Å²) in [6.07, 6.45) is 5.26. The molecule has 2 N–H and O–H groups in total. The van der Waals surface area contributed by atoms with Crippen LogP contribution in [0.3, 0.4) is 0 Å². The molecule has 0 aliphatic carbocycles. The van der Waals surface area contributed by atoms with Crippen LogP contribution in [-0.2, 0) is 12.3 Å². The Hall–Kier alpha value is -2.93. The van der Waals surface area contributed by atoms with Gasteiger partial charge < -0.3 is 5.73 Å². The number of hydrogen-bond donors (Lipinski definition) is 1. The summed E-state index contributed by atoms with van der Waals surface area (Å²) in [5, 5.41) is 9.39. The van der Waals surface area contributed by atoms with Crippen molar-refractivity contribution in [3.63, 3.8) is 0 Å². The monoisotopic (exact) mass is 351 g/mol. The number of thioether (sulfide) groups is 1. The van der Waals surface area contributed by atoms with Crippen LogP contribution >= 0.6 is 11.8 Å². The number of rotatable bonds is 7. The fourth-order valence-electron chi connectivity index (χ4n) is 2.37. The standard InChI is InChI=1S/C18H17N5OS/c1-2-10-23-17(14-6-8-20-9-7-14)21-22-18(23)25-12-13-4-3-5-15(11-13)16(19)24/h2-9,11H,1,10,12H2,(H2,19,24). The van der Waals surface area contributed by atoms with Crippen LogP contribution < -0.4 is 5.73 Å². The molecule has 0 saturated heterocycles. The van der Waals surface area contributed by atoms with Crippen LogP contribution in [0.2, 0.25) is 0 Å². The zero-order chi connectivity index (χ0) is 17.6. The minimum atomic E-state index is -0.429. The number of amides is 1. The number of nitrogens with zero attached hydrogens (tertiary/aromatic N) is 4. The molecule has 1 aromatic carbocycles. The fraction of sp³-hybridized carbons (Fsp3) is 0.111. The number of carbonyl (C=O) groups excluding carboxylic acids is 1. The van der Waals surface area contributed by atoms with Crippen LogP contribution in [-0.4, -0.2) is 25.7 Å². The average Bonchev–Trinajstić information content (AvgIpc) is 3.04. The van der Waals surface area contributed by atoms with Gasteiger partial charge in [0.15, 0.2) is 11.0 Å². The molecule has 3 aromatic rings. The first-order valence-corrected chi connectivity index (χ1v) is 8.63. The second-order valence-corrected chi connectivity index (χ2v) is 6.24. The van der Waals surface area contributed by atoms with E-state index >= 15 is 0 Å². The van der Waals surface area contributed by atoms with Gasteiger partial charge in [0.05, 0.1) is 0 Å². The van der Waals surface area contributed by atoms with E-state index in [2.05, 4.69) is 21.8 Å². The van der Waals surface area contributed by atoms with Crippen LogP contribution in [0.15, 0.2) is 66.6 Å². The molecule has 0 aliphatic rings. The molecule has 0 spiro atoms. The number of primary amides is 1. The Balaban J connectivity index is 1.83. The van der Waals surface area contributed by atoms with Crippen molar-refractivity contribution in [3.05, 3.63) is 72.6 Å². The maximum Gasteiger partial charge on any atom is 0.248 e. The first kappa shape index (κ1) is 16.9. The third-order valence-corrected chi connectivity index (χ3v) is 4.58. The maximum absolute atomic E-state index is 11.3. The van der Waals surface area contributed by atoms with Gasteiger partial charge >= 0.3 is 0 Å². The number of carbonyl (C=O) groups is 1. The molecule has 0 atom stereocenters. The number of aromatic nitrogens is 4. The quantitative estimate of drug-likeness (QED) is 0.522. The van der Waals surface area contributed by atoms with E-state index in [4.69, 9.17) is 5.73 Å². The van der Waals surface area contributed by atoms with Crippen LogP contribution in [0.5, 0.6) is 0 Å². The zero-order valence-corrected chi connectivity index (χ0v) is 14.3. The molecule has 7 heteroatoms. The highest BCUT2D eigenvalue weighted by Crippen LogP contribution is 2.26. The van der Waals surface area contributed by atoms with Crippen molar-refractivity contribution in [2.75, 3.05) is 0 Å². The summed E-state index contributed by atoms with van der Waals surface area (Å²) in [6.45, 7) is 4.42. The summed E-state index contributed by atoms with van der Waals surface area (Å²) in [6, 6.07) is 11.1. The molecule has 25 heavy (non-hydrogen) atoms. The number of benzene rings is 1. The number of nitrogens with two attached hydrogens (primary N) is 1. The zero-order valence-electron chi connectivity index (χ0n) is 13.5. The molecule has 126 valence electrons. The minimum absolute atomic E-state index is 0.429. The Labute approximate surface area is 149 Å². The van der Waals surface area contributed by atoms with E-state index < -0.39 is 5.91 Å². The first-order chi connectivity index (χ1) is 12.2. The van der Waals surface area contributed by atoms with Crippen molar-refractivity contribution in [2.45, 2.75) is 17.5 Å². The topological polar surface area (TPSA) is 86.7 Å². The van der Waals surface area contributed by atoms with Crippen molar-refractivity contribution in [2.24, 2.45) is 5.73 Å². The molecule has 0 aliphatic heterocycles. The molecule has 1 amide bonds. The lowest BCUT2D eigenvalue weighted by molar-refractivity contribution is 0.1000. The summed E-state index contributed by atoms with van der Waals surface area (Å²) in [5.41, 5.74) is 7.79. The van der Waals surface area contributed by atoms with Gasteiger partial charge in [0.1, 0.15) is 0 Å². The molecular formula is C18H17N5OS. The first-order valence-electron chi connectivity index (χ1n) is 7.65. The predicted octanol–water partition coefficient (Wildman–Crippen LogP) is 2.92. The van der Waals surface area contributed by atoms with Crippen LogP contribution in [0.4, 0.5) is 0 Å². The normalized spacial score (nSPS) is 10.6. The SMILES string of the molecule is C=CCn1c(SCc2cccc(C(N)=O)c2)nnc1-c1ccncc1. The van der Waals surface area contributed by atoms with E-state index in [1.807, 2.05) is 34.9 Å². The Kier molecular flexibility index (Phi) is 5.25. The second kappa shape index (κ2) is 7.76. The molecule has 0 unspecified atom stereocenters. The van der Waals surface area contributed by atoms with Gasteiger partial charge in [-0.05, 0) is 29.8 Å². The van der Waals surface area contributed by atoms with Crippen molar-refractivity contribution in [3.8, 4) is 11.4 Å². The van der Waals surface area contributed by atoms with Crippen LogP contribution in [0.25, 0.3) is 11.4 Å². The van der Waals surface area contributed by atoms with E-state index in [0.717, 1.165) is 22.1 Å². The highest BCUT2D eigenvalue weighted by atomic mass is 32.2. The molecule has 0 saturated carbocycles. The van der Waals surface area contributed by atoms with E-state index in [9.17, 15) is 4.79 Å². The van der Waals surface area contributed by atoms with Crippen molar-refractivity contribution < 1.29 is 4.79 Å². The van der Waals surface area contributed by atoms with Crippen LogP contribution in [0, 0.1) is 0 Å². The van der Waals surface area contributed by atoms with Gasteiger partial charge in [0.25, 0.3) is 0 Å². The summed E-state index contributed by atoms with van der Waals surface area (Å²) < 4.78 is 2.00. The lowest BCUT2D eigenvalue weighted by Crippen LogP contribution is -2.10. The molecule has 0 bridgehead atoms. The number of allylic oxidation sites excluding steroid dienone is 1. The van der Waals surface area contributed by atoms with Gasteiger partial charge in [-0.3, -0.25) is 14.3 Å². The van der Waals surface area contributed by atoms with E-state index in [0.29, 0.717) is 17.9 Å². The van der Waals surface area contributed by atoms with Gasteiger partial charge in [-0.2, -0.15) is 0 Å². The van der Waals surface area contributed by atoms with Gasteiger partial charge in [-0.15, -0.1) is 16.8 Å². The summed E-state index contributed by atoms with van der Waals surface area (Å²) in [7, 11) is 0. The highest BCUT2D eigenvalue weighted by Gasteiger charge is 2.13. The van der Waals surface area contributed by atoms with Gasteiger partial charge in [-0.1, -0.05) is 30.0 Å². The lowest BCUT2D eigenvalue weighted by atomic mass is 10.1. The maximum atomic E-state index is 11.3. The van der Waals surface area contributed by atoms with Crippen molar-refractivity contribution in [1.29, 1.82) is 0 Å². The molecule has 2 aromatic heterocycles. The summed E-state index contributed by atoms with van der Waals surface area (Å²) >= 11 is 1.55. The summed E-state index contributed by atoms with van der Waals surface area (Å²) in [5.74, 6) is 1.00. The molecule has 2 heterocycles. The Bertz CT molecular complexity index is 891. The minimum Gasteiger partial charge on any atom is -0.366 e. The third kappa shape index (κ3) is 3.95. The lowest BCUT2D eigenvalue weighted by Gasteiger charge is -2.08. The van der Waals surface area contributed by atoms with Crippen LogP contribution in [0.1, 0.15) is 15.9 Å². The molecule has 6 nitrogen and oxygen atoms in total. The largest absolute Gasteiger partial charge is 0.366 e. The second-order valence-electron chi connectivity index (χ2n) is 5.29.